The second kappa shape index (κ2) is 8.89. The van der Waals surface area contributed by atoms with Crippen LogP contribution in [-0.2, 0) is 6.54 Å². The summed E-state index contributed by atoms with van der Waals surface area (Å²) in [7, 11) is 3.28. The van der Waals surface area contributed by atoms with E-state index in [2.05, 4.69) is 36.5 Å². The Morgan fingerprint density at radius 1 is 1.11 bits per heavy atom. The molecular formula is C19H18BrClN4O2S. The maximum absolute atomic E-state index is 5.44. The van der Waals surface area contributed by atoms with Gasteiger partial charge in [-0.15, -0.1) is 12.4 Å². The first kappa shape index (κ1) is 20.6. The molecule has 9 heteroatoms. The van der Waals surface area contributed by atoms with Crippen LogP contribution < -0.4 is 20.1 Å². The second-order valence-corrected chi connectivity index (χ2v) is 7.75. The molecule has 0 spiro atoms. The first-order valence-corrected chi connectivity index (χ1v) is 9.83. The maximum atomic E-state index is 5.44. The molecule has 0 fully saturated rings. The molecule has 0 unspecified atom stereocenters. The van der Waals surface area contributed by atoms with E-state index in [0.29, 0.717) is 18.0 Å². The van der Waals surface area contributed by atoms with Gasteiger partial charge in [0.2, 0.25) is 0 Å². The highest BCUT2D eigenvalue weighted by Gasteiger charge is 2.21. The second-order valence-electron chi connectivity index (χ2n) is 5.81. The van der Waals surface area contributed by atoms with Gasteiger partial charge in [-0.1, -0.05) is 33.8 Å². The number of nitrogens with one attached hydrogen (secondary N) is 2. The van der Waals surface area contributed by atoms with Gasteiger partial charge in [0.15, 0.2) is 17.3 Å². The smallest absolute Gasteiger partial charge is 0.161 e. The minimum absolute atomic E-state index is 0. The number of halogens is 2. The van der Waals surface area contributed by atoms with Gasteiger partial charge >= 0.3 is 0 Å². The van der Waals surface area contributed by atoms with Crippen LogP contribution >= 0.6 is 40.1 Å². The molecule has 0 amide bonds. The van der Waals surface area contributed by atoms with Crippen LogP contribution in [0.5, 0.6) is 11.5 Å². The van der Waals surface area contributed by atoms with Crippen LogP contribution in [0, 0.1) is 0 Å². The van der Waals surface area contributed by atoms with Crippen molar-refractivity contribution in [3.05, 3.63) is 52.8 Å². The van der Waals surface area contributed by atoms with E-state index in [1.54, 1.807) is 32.3 Å². The number of hydrogen-bond acceptors (Lipinski definition) is 7. The first-order chi connectivity index (χ1) is 13.2. The van der Waals surface area contributed by atoms with E-state index in [1.165, 1.54) is 0 Å². The zero-order valence-corrected chi connectivity index (χ0v) is 18.4. The lowest BCUT2D eigenvalue weighted by Gasteiger charge is -2.13. The van der Waals surface area contributed by atoms with Crippen LogP contribution in [0.2, 0.25) is 0 Å². The number of fused-ring (bicyclic) bond motifs is 2. The Morgan fingerprint density at radius 3 is 2.64 bits per heavy atom. The van der Waals surface area contributed by atoms with Crippen LogP contribution in [0.3, 0.4) is 0 Å². The predicted octanol–water partition coefficient (Wildman–Crippen LogP) is 5.50. The summed E-state index contributed by atoms with van der Waals surface area (Å²) >= 11 is 5.07. The van der Waals surface area contributed by atoms with Gasteiger partial charge in [0, 0.05) is 21.6 Å². The molecule has 146 valence electrons. The van der Waals surface area contributed by atoms with E-state index in [-0.39, 0.29) is 12.4 Å². The molecule has 0 saturated heterocycles. The summed E-state index contributed by atoms with van der Waals surface area (Å²) in [5.41, 5.74) is 2.93. The molecule has 28 heavy (non-hydrogen) atoms. The number of aromatic nitrogens is 2. The van der Waals surface area contributed by atoms with Gasteiger partial charge in [-0.2, -0.15) is 0 Å². The number of ether oxygens (including phenoxy) is 2. The monoisotopic (exact) mass is 480 g/mol. The number of methoxy groups -OCH3 is 2. The molecule has 2 N–H and O–H groups in total. The Morgan fingerprint density at radius 2 is 1.89 bits per heavy atom. The van der Waals surface area contributed by atoms with E-state index >= 15 is 0 Å². The van der Waals surface area contributed by atoms with Crippen molar-refractivity contribution in [2.45, 2.75) is 16.5 Å². The normalized spacial score (nSPS) is 11.8. The van der Waals surface area contributed by atoms with Crippen LogP contribution in [0.4, 0.5) is 17.2 Å². The molecule has 6 nitrogen and oxygen atoms in total. The molecule has 2 heterocycles. The Bertz CT molecular complexity index is 1010. The molecule has 0 radical (unpaired) electrons. The molecule has 0 aliphatic carbocycles. The Kier molecular flexibility index (Phi) is 6.53. The zero-order chi connectivity index (χ0) is 18.8. The molecular weight excluding hydrogens is 464 g/mol. The average molecular weight is 482 g/mol. The highest BCUT2D eigenvalue weighted by atomic mass is 79.9. The molecule has 4 rings (SSSR count). The van der Waals surface area contributed by atoms with Gasteiger partial charge in [0.05, 0.1) is 14.2 Å². The fourth-order valence-electron chi connectivity index (χ4n) is 2.83. The standard InChI is InChI=1S/C19H17BrN4O2S.ClH/c1-25-14-6-11-9-21-17-18(24-13-5-3-4-12(20)7-13)22-10-23-19(17)27-16(11)8-15(14)26-2;/h3-8,10,21H,9H2,1-2H3,(H,22,23,24);1H. The Hall–Kier alpha value is -2.16. The Labute approximate surface area is 182 Å². The molecule has 0 bridgehead atoms. The van der Waals surface area contributed by atoms with Gasteiger partial charge in [-0.25, -0.2) is 9.97 Å². The highest BCUT2D eigenvalue weighted by Crippen LogP contribution is 2.44. The summed E-state index contributed by atoms with van der Waals surface area (Å²) in [6.45, 7) is 0.635. The van der Waals surface area contributed by atoms with Crippen molar-refractivity contribution in [1.29, 1.82) is 0 Å². The predicted molar refractivity (Wildman–Crippen MR) is 118 cm³/mol. The fraction of sp³-hybridized carbons (Fsp3) is 0.158. The number of benzene rings is 2. The molecule has 1 aromatic heterocycles. The molecule has 2 aromatic carbocycles. The molecule has 0 atom stereocenters. The lowest BCUT2D eigenvalue weighted by Crippen LogP contribution is -2.05. The summed E-state index contributed by atoms with van der Waals surface area (Å²) in [4.78, 5) is 9.97. The molecule has 1 aliphatic rings. The van der Waals surface area contributed by atoms with E-state index < -0.39 is 0 Å². The third-order valence-electron chi connectivity index (χ3n) is 4.13. The summed E-state index contributed by atoms with van der Waals surface area (Å²) in [5.74, 6) is 2.15. The number of rotatable bonds is 4. The van der Waals surface area contributed by atoms with E-state index in [4.69, 9.17) is 9.47 Å². The fourth-order valence-corrected chi connectivity index (χ4v) is 4.23. The van der Waals surface area contributed by atoms with Gasteiger partial charge in [-0.05, 0) is 35.9 Å². The van der Waals surface area contributed by atoms with Gasteiger partial charge in [-0.3, -0.25) is 0 Å². The van der Waals surface area contributed by atoms with Gasteiger partial charge in [0.25, 0.3) is 0 Å². The summed E-state index contributed by atoms with van der Waals surface area (Å²) in [6.07, 6.45) is 1.57. The zero-order valence-electron chi connectivity index (χ0n) is 15.2. The lowest BCUT2D eigenvalue weighted by atomic mass is 10.2. The SMILES string of the molecule is COc1cc2c(cc1OC)Sc1ncnc(Nc3cccc(Br)c3)c1NC2.Cl. The summed E-state index contributed by atoms with van der Waals surface area (Å²) in [6, 6.07) is 11.9. The number of hydrogen-bond donors (Lipinski definition) is 2. The minimum atomic E-state index is 0. The molecule has 1 aliphatic heterocycles. The number of nitrogens with zero attached hydrogens (tertiary/aromatic N) is 2. The lowest BCUT2D eigenvalue weighted by molar-refractivity contribution is 0.353. The third-order valence-corrected chi connectivity index (χ3v) is 5.72. The summed E-state index contributed by atoms with van der Waals surface area (Å²) in [5, 5.41) is 7.68. The molecule has 0 saturated carbocycles. The minimum Gasteiger partial charge on any atom is -0.493 e. The van der Waals surface area contributed by atoms with E-state index in [9.17, 15) is 0 Å². The third kappa shape index (κ3) is 4.14. The van der Waals surface area contributed by atoms with Crippen molar-refractivity contribution in [3.8, 4) is 11.5 Å². The number of anilines is 3. The van der Waals surface area contributed by atoms with Crippen LogP contribution in [0.25, 0.3) is 0 Å². The van der Waals surface area contributed by atoms with Crippen molar-refractivity contribution in [2.75, 3.05) is 24.9 Å². The van der Waals surface area contributed by atoms with Crippen molar-refractivity contribution in [2.24, 2.45) is 0 Å². The topological polar surface area (TPSA) is 68.3 Å². The van der Waals surface area contributed by atoms with Gasteiger partial charge in [0.1, 0.15) is 17.0 Å². The quantitative estimate of drug-likeness (QED) is 0.477. The maximum Gasteiger partial charge on any atom is 0.161 e. The van der Waals surface area contributed by atoms with Crippen molar-refractivity contribution < 1.29 is 9.47 Å². The van der Waals surface area contributed by atoms with E-state index in [1.807, 2.05) is 36.4 Å². The van der Waals surface area contributed by atoms with Crippen LogP contribution in [0.15, 0.2) is 57.1 Å². The first-order valence-electron chi connectivity index (χ1n) is 8.22. The Balaban J connectivity index is 0.00000225. The average Bonchev–Trinajstić information content (AvgIpc) is 2.86. The van der Waals surface area contributed by atoms with Gasteiger partial charge < -0.3 is 20.1 Å². The van der Waals surface area contributed by atoms with Crippen LogP contribution in [-0.4, -0.2) is 24.2 Å². The van der Waals surface area contributed by atoms with E-state index in [0.717, 1.165) is 37.2 Å². The van der Waals surface area contributed by atoms with Crippen molar-refractivity contribution in [1.82, 2.24) is 9.97 Å². The van der Waals surface area contributed by atoms with Crippen LogP contribution in [0.1, 0.15) is 5.56 Å². The summed E-state index contributed by atoms with van der Waals surface area (Å²) < 4.78 is 11.9. The van der Waals surface area contributed by atoms with Crippen molar-refractivity contribution in [3.63, 3.8) is 0 Å². The molecule has 3 aromatic rings. The highest BCUT2D eigenvalue weighted by molar-refractivity contribution is 9.10. The van der Waals surface area contributed by atoms with Crippen molar-refractivity contribution >= 4 is 57.3 Å². The largest absolute Gasteiger partial charge is 0.493 e.